The van der Waals surface area contributed by atoms with E-state index in [2.05, 4.69) is 4.98 Å². The van der Waals surface area contributed by atoms with E-state index in [4.69, 9.17) is 32.7 Å². The van der Waals surface area contributed by atoms with Crippen LogP contribution in [0, 0.1) is 0 Å². The molecule has 1 N–H and O–H groups in total. The highest BCUT2D eigenvalue weighted by Crippen LogP contribution is 2.34. The molecule has 124 valence electrons. The molecule has 23 heavy (non-hydrogen) atoms. The van der Waals surface area contributed by atoms with Crippen molar-refractivity contribution in [2.75, 3.05) is 7.11 Å². The molecule has 0 fully saturated rings. The number of rotatable bonds is 6. The van der Waals surface area contributed by atoms with E-state index >= 15 is 0 Å². The molecule has 0 bridgehead atoms. The SMILES string of the molecule is COc1ccc(C(O)Cc2c(Cl)cncc2Cl)cc1OC(C)C. The minimum absolute atomic E-state index is 0.000351. The van der Waals surface area contributed by atoms with Gasteiger partial charge in [-0.05, 0) is 37.1 Å². The van der Waals surface area contributed by atoms with Gasteiger partial charge in [0.25, 0.3) is 0 Å². The second-order valence-corrected chi connectivity index (χ2v) is 6.19. The van der Waals surface area contributed by atoms with Gasteiger partial charge in [0.05, 0.1) is 29.4 Å². The number of aliphatic hydroxyl groups excluding tert-OH is 1. The van der Waals surface area contributed by atoms with E-state index in [-0.39, 0.29) is 12.5 Å². The molecule has 6 heteroatoms. The Kier molecular flexibility index (Phi) is 6.10. The Morgan fingerprint density at radius 2 is 1.78 bits per heavy atom. The van der Waals surface area contributed by atoms with Gasteiger partial charge in [-0.2, -0.15) is 0 Å². The maximum Gasteiger partial charge on any atom is 0.161 e. The third-order valence-corrected chi connectivity index (χ3v) is 3.94. The quantitative estimate of drug-likeness (QED) is 0.830. The largest absolute Gasteiger partial charge is 0.493 e. The van der Waals surface area contributed by atoms with Crippen molar-refractivity contribution in [3.8, 4) is 11.5 Å². The molecule has 2 rings (SSSR count). The Balaban J connectivity index is 2.27. The Labute approximate surface area is 146 Å². The number of ether oxygens (including phenoxy) is 2. The molecule has 0 aliphatic heterocycles. The average molecular weight is 356 g/mol. The van der Waals surface area contributed by atoms with E-state index in [0.717, 1.165) is 0 Å². The number of hydrogen-bond donors (Lipinski definition) is 1. The number of benzene rings is 1. The minimum Gasteiger partial charge on any atom is -0.493 e. The van der Waals surface area contributed by atoms with E-state index in [1.54, 1.807) is 25.3 Å². The number of aliphatic hydroxyl groups is 1. The molecular weight excluding hydrogens is 337 g/mol. The lowest BCUT2D eigenvalue weighted by Crippen LogP contribution is -2.08. The fourth-order valence-corrected chi connectivity index (χ4v) is 2.71. The summed E-state index contributed by atoms with van der Waals surface area (Å²) in [6.07, 6.45) is 2.54. The standard InChI is InChI=1S/C17H19Cl2NO3/c1-10(2)23-17-6-11(4-5-16(17)22-3)15(21)7-12-13(18)8-20-9-14(12)19/h4-6,8-10,15,21H,7H2,1-3H3. The highest BCUT2D eigenvalue weighted by atomic mass is 35.5. The summed E-state index contributed by atoms with van der Waals surface area (Å²) in [7, 11) is 1.58. The van der Waals surface area contributed by atoms with Gasteiger partial charge in [0.2, 0.25) is 0 Å². The van der Waals surface area contributed by atoms with E-state index in [1.807, 2.05) is 13.8 Å². The van der Waals surface area contributed by atoms with Crippen molar-refractivity contribution in [2.24, 2.45) is 0 Å². The molecule has 1 aromatic heterocycles. The summed E-state index contributed by atoms with van der Waals surface area (Å²) in [5.41, 5.74) is 1.36. The van der Waals surface area contributed by atoms with Crippen molar-refractivity contribution < 1.29 is 14.6 Å². The van der Waals surface area contributed by atoms with Crippen molar-refractivity contribution in [3.63, 3.8) is 0 Å². The fraction of sp³-hybridized carbons (Fsp3) is 0.353. The molecule has 0 radical (unpaired) electrons. The van der Waals surface area contributed by atoms with Gasteiger partial charge >= 0.3 is 0 Å². The maximum atomic E-state index is 10.5. The van der Waals surface area contributed by atoms with E-state index < -0.39 is 6.10 Å². The first-order chi connectivity index (χ1) is 10.9. The van der Waals surface area contributed by atoms with Crippen LogP contribution < -0.4 is 9.47 Å². The van der Waals surface area contributed by atoms with E-state index in [0.29, 0.717) is 32.7 Å². The minimum atomic E-state index is -0.771. The lowest BCUT2D eigenvalue weighted by Gasteiger charge is -2.17. The summed E-state index contributed by atoms with van der Waals surface area (Å²) in [5.74, 6) is 1.21. The summed E-state index contributed by atoms with van der Waals surface area (Å²) >= 11 is 12.2. The Hall–Kier alpha value is -1.49. The van der Waals surface area contributed by atoms with Crippen molar-refractivity contribution in [1.82, 2.24) is 4.98 Å². The van der Waals surface area contributed by atoms with Gasteiger partial charge in [0, 0.05) is 18.8 Å². The van der Waals surface area contributed by atoms with Gasteiger partial charge in [-0.3, -0.25) is 4.98 Å². The fourth-order valence-electron chi connectivity index (χ4n) is 2.19. The van der Waals surface area contributed by atoms with Crippen LogP contribution in [-0.2, 0) is 6.42 Å². The van der Waals surface area contributed by atoms with Crippen LogP contribution in [0.4, 0.5) is 0 Å². The molecule has 0 saturated carbocycles. The third kappa shape index (κ3) is 4.50. The Bertz CT molecular complexity index is 657. The zero-order valence-electron chi connectivity index (χ0n) is 13.2. The predicted molar refractivity (Wildman–Crippen MR) is 91.7 cm³/mol. The van der Waals surface area contributed by atoms with Gasteiger partial charge in [0.15, 0.2) is 11.5 Å². The molecule has 1 heterocycles. The van der Waals surface area contributed by atoms with Crippen LogP contribution in [-0.4, -0.2) is 23.3 Å². The monoisotopic (exact) mass is 355 g/mol. The molecule has 2 aromatic rings. The normalized spacial score (nSPS) is 12.3. The smallest absolute Gasteiger partial charge is 0.161 e. The van der Waals surface area contributed by atoms with Gasteiger partial charge in [-0.15, -0.1) is 0 Å². The van der Waals surface area contributed by atoms with E-state index in [9.17, 15) is 5.11 Å². The molecule has 1 unspecified atom stereocenters. The van der Waals surface area contributed by atoms with Gasteiger partial charge in [-0.1, -0.05) is 29.3 Å². The number of methoxy groups -OCH3 is 1. The van der Waals surface area contributed by atoms with Crippen LogP contribution >= 0.6 is 23.2 Å². The summed E-state index contributed by atoms with van der Waals surface area (Å²) in [6.45, 7) is 3.86. The molecule has 1 atom stereocenters. The first-order valence-electron chi connectivity index (χ1n) is 7.23. The summed E-state index contributed by atoms with van der Waals surface area (Å²) in [5, 5.41) is 11.4. The zero-order valence-corrected chi connectivity index (χ0v) is 14.7. The van der Waals surface area contributed by atoms with Crippen LogP contribution in [0.5, 0.6) is 11.5 Å². The highest BCUT2D eigenvalue weighted by Gasteiger charge is 2.16. The molecular formula is C17H19Cl2NO3. The Morgan fingerprint density at radius 3 is 2.35 bits per heavy atom. The lowest BCUT2D eigenvalue weighted by atomic mass is 10.0. The Morgan fingerprint density at radius 1 is 1.13 bits per heavy atom. The van der Waals surface area contributed by atoms with Crippen LogP contribution in [0.3, 0.4) is 0 Å². The number of pyridine rings is 1. The number of nitrogens with zero attached hydrogens (tertiary/aromatic N) is 1. The number of aromatic nitrogens is 1. The summed E-state index contributed by atoms with van der Waals surface area (Å²) in [6, 6.07) is 5.33. The average Bonchev–Trinajstić information content (AvgIpc) is 2.50. The number of hydrogen-bond acceptors (Lipinski definition) is 4. The van der Waals surface area contributed by atoms with Crippen molar-refractivity contribution in [3.05, 3.63) is 51.8 Å². The summed E-state index contributed by atoms with van der Waals surface area (Å²) in [4.78, 5) is 3.91. The molecule has 0 spiro atoms. The molecule has 0 aliphatic rings. The van der Waals surface area contributed by atoms with Crippen molar-refractivity contribution in [2.45, 2.75) is 32.5 Å². The second kappa shape index (κ2) is 7.86. The zero-order chi connectivity index (χ0) is 17.0. The second-order valence-electron chi connectivity index (χ2n) is 5.38. The molecule has 0 amide bonds. The van der Waals surface area contributed by atoms with Crippen LogP contribution in [0.2, 0.25) is 10.0 Å². The first kappa shape index (κ1) is 17.9. The lowest BCUT2D eigenvalue weighted by molar-refractivity contribution is 0.176. The van der Waals surface area contributed by atoms with Gasteiger partial charge in [-0.25, -0.2) is 0 Å². The molecule has 0 aliphatic carbocycles. The topological polar surface area (TPSA) is 51.6 Å². The highest BCUT2D eigenvalue weighted by molar-refractivity contribution is 6.35. The van der Waals surface area contributed by atoms with Gasteiger partial charge in [0.1, 0.15) is 0 Å². The molecule has 0 saturated heterocycles. The van der Waals surface area contributed by atoms with Crippen LogP contribution in [0.15, 0.2) is 30.6 Å². The summed E-state index contributed by atoms with van der Waals surface area (Å²) < 4.78 is 11.0. The molecule has 4 nitrogen and oxygen atoms in total. The van der Waals surface area contributed by atoms with Crippen LogP contribution in [0.25, 0.3) is 0 Å². The van der Waals surface area contributed by atoms with E-state index in [1.165, 1.54) is 12.4 Å². The predicted octanol–water partition coefficient (Wildman–Crippen LogP) is 4.46. The van der Waals surface area contributed by atoms with Crippen molar-refractivity contribution in [1.29, 1.82) is 0 Å². The third-order valence-electron chi connectivity index (χ3n) is 3.28. The van der Waals surface area contributed by atoms with Gasteiger partial charge < -0.3 is 14.6 Å². The maximum absolute atomic E-state index is 10.5. The van der Waals surface area contributed by atoms with Crippen LogP contribution in [0.1, 0.15) is 31.1 Å². The van der Waals surface area contributed by atoms with Crippen molar-refractivity contribution >= 4 is 23.2 Å². The molecule has 1 aromatic carbocycles. The first-order valence-corrected chi connectivity index (χ1v) is 7.98. The number of halogens is 2.